The molecular weight excluding hydrogens is 218 g/mol. The maximum Gasteiger partial charge on any atom is 0.310 e. The van der Waals surface area contributed by atoms with Gasteiger partial charge in [0.25, 0.3) is 0 Å². The van der Waals surface area contributed by atoms with Crippen molar-refractivity contribution in [2.24, 2.45) is 5.92 Å². The lowest BCUT2D eigenvalue weighted by Crippen LogP contribution is -2.67. The number of hydrogen-bond acceptors (Lipinski definition) is 3. The first-order valence-corrected chi connectivity index (χ1v) is 5.81. The monoisotopic (exact) mass is 229 g/mol. The van der Waals surface area contributed by atoms with Gasteiger partial charge in [-0.2, -0.15) is 0 Å². The van der Waals surface area contributed by atoms with Crippen LogP contribution < -0.4 is 5.32 Å². The molecule has 86 valence electrons. The Balaban J connectivity index is 1.74. The minimum Gasteiger partial charge on any atom is -0.457 e. The summed E-state index contributed by atoms with van der Waals surface area (Å²) in [5.74, 6) is -0.161. The van der Waals surface area contributed by atoms with Crippen LogP contribution in [0.4, 0.5) is 5.69 Å². The van der Waals surface area contributed by atoms with Crippen LogP contribution in [0.15, 0.2) is 24.3 Å². The summed E-state index contributed by atoms with van der Waals surface area (Å²) >= 11 is 0. The smallest absolute Gasteiger partial charge is 0.310 e. The Bertz CT molecular complexity index is 543. The normalized spacial score (nSPS) is 37.2. The molecule has 3 aliphatic rings. The van der Waals surface area contributed by atoms with E-state index >= 15 is 0 Å². The second kappa shape index (κ2) is 2.70. The number of ether oxygens (including phenoxy) is 1. The molecule has 1 aliphatic carbocycles. The highest BCUT2D eigenvalue weighted by Gasteiger charge is 2.67. The van der Waals surface area contributed by atoms with Crippen molar-refractivity contribution in [3.63, 3.8) is 0 Å². The first-order valence-electron chi connectivity index (χ1n) is 5.81. The third kappa shape index (κ3) is 0.983. The van der Waals surface area contributed by atoms with E-state index in [1.807, 2.05) is 24.3 Å². The molecule has 0 bridgehead atoms. The van der Waals surface area contributed by atoms with Crippen molar-refractivity contribution < 1.29 is 14.3 Å². The molecule has 4 rings (SSSR count). The highest BCUT2D eigenvalue weighted by Crippen LogP contribution is 2.60. The van der Waals surface area contributed by atoms with Gasteiger partial charge in [0.1, 0.15) is 5.60 Å². The number of nitrogens with one attached hydrogen (secondary N) is 1. The fraction of sp³-hybridized carbons (Fsp3) is 0.385. The average molecular weight is 229 g/mol. The van der Waals surface area contributed by atoms with Crippen LogP contribution in [0.1, 0.15) is 24.3 Å². The summed E-state index contributed by atoms with van der Waals surface area (Å²) in [7, 11) is 0. The van der Waals surface area contributed by atoms with Crippen molar-refractivity contribution in [2.75, 3.05) is 5.32 Å². The van der Waals surface area contributed by atoms with Crippen molar-refractivity contribution >= 4 is 17.6 Å². The number of para-hydroxylation sites is 1. The molecule has 4 nitrogen and oxygen atoms in total. The Morgan fingerprint density at radius 1 is 1.29 bits per heavy atom. The molecule has 2 unspecified atom stereocenters. The lowest BCUT2D eigenvalue weighted by Gasteiger charge is -2.58. The van der Waals surface area contributed by atoms with Crippen molar-refractivity contribution in [3.8, 4) is 0 Å². The molecule has 2 heterocycles. The number of benzene rings is 1. The standard InChI is InChI=1S/C13H11NO3/c15-10-6-13(17-10)5-8-7-3-1-2-4-9(7)14-12(16)11(8)13/h1-4,8,11H,5-6H2,(H,14,16)/t8?,11?,13-/m1/s1. The summed E-state index contributed by atoms with van der Waals surface area (Å²) in [6.45, 7) is 0. The molecule has 2 aliphatic heterocycles. The van der Waals surface area contributed by atoms with Gasteiger partial charge in [-0.3, -0.25) is 9.59 Å². The van der Waals surface area contributed by atoms with Gasteiger partial charge in [-0.25, -0.2) is 0 Å². The van der Waals surface area contributed by atoms with Crippen LogP contribution in [-0.4, -0.2) is 17.5 Å². The number of carbonyl (C=O) groups excluding carboxylic acids is 2. The van der Waals surface area contributed by atoms with E-state index < -0.39 is 5.60 Å². The zero-order chi connectivity index (χ0) is 11.6. The summed E-state index contributed by atoms with van der Waals surface area (Å²) in [4.78, 5) is 23.0. The van der Waals surface area contributed by atoms with Gasteiger partial charge in [-0.1, -0.05) is 18.2 Å². The minimum absolute atomic E-state index is 0.00699. The Hall–Kier alpha value is -1.84. The summed E-state index contributed by atoms with van der Waals surface area (Å²) in [6, 6.07) is 7.85. The number of carbonyl (C=O) groups is 2. The second-order valence-electron chi connectivity index (χ2n) is 5.08. The first-order chi connectivity index (χ1) is 8.20. The second-order valence-corrected chi connectivity index (χ2v) is 5.08. The van der Waals surface area contributed by atoms with Gasteiger partial charge < -0.3 is 10.1 Å². The number of fused-ring (bicyclic) bond motifs is 4. The molecule has 1 saturated carbocycles. The maximum absolute atomic E-state index is 12.0. The lowest BCUT2D eigenvalue weighted by molar-refractivity contribution is -0.228. The highest BCUT2D eigenvalue weighted by molar-refractivity contribution is 6.00. The number of hydrogen-bond donors (Lipinski definition) is 1. The Morgan fingerprint density at radius 2 is 2.06 bits per heavy atom. The molecule has 1 amide bonds. The van der Waals surface area contributed by atoms with Crippen LogP contribution in [0, 0.1) is 5.92 Å². The topological polar surface area (TPSA) is 55.4 Å². The number of anilines is 1. The molecule has 17 heavy (non-hydrogen) atoms. The molecule has 0 aromatic heterocycles. The first kappa shape index (κ1) is 9.22. The quantitative estimate of drug-likeness (QED) is 0.685. The summed E-state index contributed by atoms with van der Waals surface area (Å²) in [6.07, 6.45) is 1.18. The average Bonchev–Trinajstić information content (AvgIpc) is 2.22. The highest BCUT2D eigenvalue weighted by atomic mass is 16.6. The van der Waals surface area contributed by atoms with E-state index in [-0.39, 0.29) is 23.7 Å². The molecule has 2 fully saturated rings. The van der Waals surface area contributed by atoms with E-state index in [1.165, 1.54) is 5.56 Å². The van der Waals surface area contributed by atoms with Gasteiger partial charge in [0.05, 0.1) is 12.3 Å². The van der Waals surface area contributed by atoms with E-state index in [0.717, 1.165) is 12.1 Å². The minimum atomic E-state index is -0.487. The predicted molar refractivity (Wildman–Crippen MR) is 59.4 cm³/mol. The molecule has 1 N–H and O–H groups in total. The van der Waals surface area contributed by atoms with Crippen LogP contribution in [-0.2, 0) is 14.3 Å². The number of amides is 1. The largest absolute Gasteiger partial charge is 0.457 e. The molecule has 1 spiro atoms. The van der Waals surface area contributed by atoms with Gasteiger partial charge >= 0.3 is 5.97 Å². The molecule has 1 aromatic carbocycles. The van der Waals surface area contributed by atoms with Gasteiger partial charge in [0, 0.05) is 11.6 Å². The van der Waals surface area contributed by atoms with E-state index in [2.05, 4.69) is 5.32 Å². The lowest BCUT2D eigenvalue weighted by atomic mass is 9.54. The zero-order valence-corrected chi connectivity index (χ0v) is 9.10. The fourth-order valence-corrected chi connectivity index (χ4v) is 3.43. The van der Waals surface area contributed by atoms with Crippen LogP contribution in [0.5, 0.6) is 0 Å². The third-order valence-corrected chi connectivity index (χ3v) is 4.20. The van der Waals surface area contributed by atoms with E-state index in [1.54, 1.807) is 0 Å². The number of esters is 1. The molecular formula is C13H11NO3. The van der Waals surface area contributed by atoms with Crippen LogP contribution in [0.25, 0.3) is 0 Å². The van der Waals surface area contributed by atoms with E-state index in [4.69, 9.17) is 4.74 Å². The molecule has 0 radical (unpaired) electrons. The van der Waals surface area contributed by atoms with Crippen LogP contribution in [0.2, 0.25) is 0 Å². The van der Waals surface area contributed by atoms with Crippen LogP contribution >= 0.6 is 0 Å². The summed E-state index contributed by atoms with van der Waals surface area (Å²) < 4.78 is 5.22. The van der Waals surface area contributed by atoms with Crippen molar-refractivity contribution in [2.45, 2.75) is 24.4 Å². The predicted octanol–water partition coefficient (Wildman–Crippen LogP) is 1.43. The molecule has 3 atom stereocenters. The van der Waals surface area contributed by atoms with Gasteiger partial charge in [-0.15, -0.1) is 0 Å². The van der Waals surface area contributed by atoms with Gasteiger partial charge in [0.2, 0.25) is 5.91 Å². The summed E-state index contributed by atoms with van der Waals surface area (Å²) in [5.41, 5.74) is 1.59. The third-order valence-electron chi connectivity index (χ3n) is 4.20. The van der Waals surface area contributed by atoms with Crippen molar-refractivity contribution in [1.29, 1.82) is 0 Å². The van der Waals surface area contributed by atoms with Crippen molar-refractivity contribution in [1.82, 2.24) is 0 Å². The molecule has 4 heteroatoms. The van der Waals surface area contributed by atoms with Gasteiger partial charge in [-0.05, 0) is 18.1 Å². The SMILES string of the molecule is O=C1C[C@@]2(CC3c4ccccc4NC(=O)C32)O1. The maximum atomic E-state index is 12.0. The summed E-state index contributed by atoms with van der Waals surface area (Å²) in [5, 5.41) is 2.90. The number of rotatable bonds is 0. The Kier molecular flexibility index (Phi) is 1.46. The van der Waals surface area contributed by atoms with E-state index in [0.29, 0.717) is 6.42 Å². The Labute approximate surface area is 98.0 Å². The van der Waals surface area contributed by atoms with Crippen LogP contribution in [0.3, 0.4) is 0 Å². The van der Waals surface area contributed by atoms with E-state index in [9.17, 15) is 9.59 Å². The van der Waals surface area contributed by atoms with Crippen molar-refractivity contribution in [3.05, 3.63) is 29.8 Å². The van der Waals surface area contributed by atoms with Gasteiger partial charge in [0.15, 0.2) is 0 Å². The zero-order valence-electron chi connectivity index (χ0n) is 9.10. The fourth-order valence-electron chi connectivity index (χ4n) is 3.43. The Morgan fingerprint density at radius 3 is 2.82 bits per heavy atom. The molecule has 1 saturated heterocycles. The molecule has 1 aromatic rings.